The number of rotatable bonds is 3. The molecule has 1 unspecified atom stereocenters. The van der Waals surface area contributed by atoms with Gasteiger partial charge in [-0.1, -0.05) is 0 Å². The first-order valence-electron chi connectivity index (χ1n) is 4.54. The Morgan fingerprint density at radius 2 is 2.46 bits per heavy atom. The Balaban J connectivity index is 2.29. The molecule has 1 aliphatic rings. The summed E-state index contributed by atoms with van der Waals surface area (Å²) in [6.07, 6.45) is 5.20. The van der Waals surface area contributed by atoms with Crippen molar-refractivity contribution in [2.75, 3.05) is 6.54 Å². The van der Waals surface area contributed by atoms with E-state index in [9.17, 15) is 4.39 Å². The first kappa shape index (κ1) is 8.69. The van der Waals surface area contributed by atoms with E-state index >= 15 is 0 Å². The van der Waals surface area contributed by atoms with Gasteiger partial charge in [-0.2, -0.15) is 0 Å². The van der Waals surface area contributed by atoms with Crippen LogP contribution in [0.5, 0.6) is 0 Å². The van der Waals surface area contributed by atoms with E-state index in [1.807, 2.05) is 7.05 Å². The van der Waals surface area contributed by atoms with Gasteiger partial charge in [-0.25, -0.2) is 9.37 Å². The molecule has 1 aliphatic carbocycles. The molecule has 13 heavy (non-hydrogen) atoms. The molecular weight excluding hydrogens is 169 g/mol. The van der Waals surface area contributed by atoms with E-state index in [1.165, 1.54) is 0 Å². The number of imidazole rings is 1. The molecule has 72 valence electrons. The third-order valence-electron chi connectivity index (χ3n) is 2.65. The Morgan fingerprint density at radius 1 is 1.77 bits per heavy atom. The summed E-state index contributed by atoms with van der Waals surface area (Å²) in [5.41, 5.74) is 4.56. The lowest BCUT2D eigenvalue weighted by atomic mass is 9.97. The van der Waals surface area contributed by atoms with Crippen molar-refractivity contribution in [3.05, 3.63) is 18.2 Å². The van der Waals surface area contributed by atoms with Gasteiger partial charge in [0.25, 0.3) is 0 Å². The lowest BCUT2D eigenvalue weighted by Crippen LogP contribution is -2.33. The lowest BCUT2D eigenvalue weighted by molar-refractivity contribution is 0.137. The molecule has 1 aromatic heterocycles. The molecule has 0 saturated heterocycles. The number of hydrogen-bond donors (Lipinski definition) is 1. The number of nitrogens with zero attached hydrogens (tertiary/aromatic N) is 2. The summed E-state index contributed by atoms with van der Waals surface area (Å²) in [5, 5.41) is 0. The molecule has 4 heteroatoms. The number of aromatic nitrogens is 2. The predicted octanol–water partition coefficient (Wildman–Crippen LogP) is 0.954. The highest BCUT2D eigenvalue weighted by Crippen LogP contribution is 2.47. The zero-order chi connectivity index (χ0) is 9.47. The van der Waals surface area contributed by atoms with Crippen LogP contribution in [0.1, 0.15) is 18.5 Å². The van der Waals surface area contributed by atoms with Gasteiger partial charge in [0.05, 0.1) is 12.0 Å². The summed E-state index contributed by atoms with van der Waals surface area (Å²) in [6.45, 7) is 0.0364. The largest absolute Gasteiger partial charge is 0.340 e. The molecule has 1 aromatic rings. The Bertz CT molecular complexity index is 306. The van der Waals surface area contributed by atoms with Crippen LogP contribution < -0.4 is 5.73 Å². The Hall–Kier alpha value is -0.900. The van der Waals surface area contributed by atoms with Crippen molar-refractivity contribution in [3.8, 4) is 0 Å². The highest BCUT2D eigenvalue weighted by atomic mass is 19.1. The fourth-order valence-corrected chi connectivity index (χ4v) is 1.65. The van der Waals surface area contributed by atoms with Crippen molar-refractivity contribution in [2.45, 2.75) is 18.5 Å². The first-order chi connectivity index (χ1) is 6.16. The Kier molecular flexibility index (Phi) is 1.87. The van der Waals surface area contributed by atoms with Crippen molar-refractivity contribution >= 4 is 0 Å². The smallest absolute Gasteiger partial charge is 0.169 e. The zero-order valence-corrected chi connectivity index (χ0v) is 7.70. The average Bonchev–Trinajstić information content (AvgIpc) is 2.89. The second-order valence-corrected chi connectivity index (χ2v) is 3.77. The van der Waals surface area contributed by atoms with Gasteiger partial charge in [0, 0.05) is 25.7 Å². The van der Waals surface area contributed by atoms with E-state index < -0.39 is 5.67 Å². The van der Waals surface area contributed by atoms with E-state index in [4.69, 9.17) is 5.73 Å². The molecule has 1 saturated carbocycles. The second-order valence-electron chi connectivity index (χ2n) is 3.77. The van der Waals surface area contributed by atoms with Gasteiger partial charge in [-0.3, -0.25) is 0 Å². The van der Waals surface area contributed by atoms with Crippen molar-refractivity contribution < 1.29 is 4.39 Å². The van der Waals surface area contributed by atoms with Crippen LogP contribution in [-0.2, 0) is 12.7 Å². The summed E-state index contributed by atoms with van der Waals surface area (Å²) in [5.74, 6) is 0.0902. The van der Waals surface area contributed by atoms with Gasteiger partial charge in [0.1, 0.15) is 0 Å². The van der Waals surface area contributed by atoms with Crippen molar-refractivity contribution in [1.29, 1.82) is 0 Å². The first-order valence-corrected chi connectivity index (χ1v) is 4.54. The monoisotopic (exact) mass is 183 g/mol. The number of alkyl halides is 1. The van der Waals surface area contributed by atoms with E-state index in [2.05, 4.69) is 4.98 Å². The van der Waals surface area contributed by atoms with Gasteiger partial charge in [0.2, 0.25) is 0 Å². The summed E-state index contributed by atoms with van der Waals surface area (Å²) in [6, 6.07) is 0. The van der Waals surface area contributed by atoms with E-state index in [-0.39, 0.29) is 12.5 Å². The summed E-state index contributed by atoms with van der Waals surface area (Å²) in [7, 11) is 1.83. The molecule has 2 N–H and O–H groups in total. The third-order valence-corrected chi connectivity index (χ3v) is 2.65. The van der Waals surface area contributed by atoms with Gasteiger partial charge in [-0.15, -0.1) is 0 Å². The van der Waals surface area contributed by atoms with Gasteiger partial charge >= 0.3 is 0 Å². The maximum absolute atomic E-state index is 14.3. The van der Waals surface area contributed by atoms with Crippen LogP contribution in [0.25, 0.3) is 0 Å². The normalized spacial score (nSPS) is 21.5. The summed E-state index contributed by atoms with van der Waals surface area (Å²) < 4.78 is 16.0. The summed E-state index contributed by atoms with van der Waals surface area (Å²) in [4.78, 5) is 4.03. The molecule has 0 amide bonds. The molecular formula is C9H14FN3. The molecule has 1 heterocycles. The molecule has 0 aliphatic heterocycles. The highest BCUT2D eigenvalue weighted by Gasteiger charge is 2.47. The molecule has 0 radical (unpaired) electrons. The second kappa shape index (κ2) is 2.80. The third kappa shape index (κ3) is 1.35. The molecule has 3 nitrogen and oxygen atoms in total. The van der Waals surface area contributed by atoms with Crippen LogP contribution >= 0.6 is 0 Å². The molecule has 1 fully saturated rings. The molecule has 1 atom stereocenters. The molecule has 0 aromatic carbocycles. The number of halogens is 1. The number of nitrogens with two attached hydrogens (primary N) is 1. The van der Waals surface area contributed by atoms with Crippen molar-refractivity contribution in [3.63, 3.8) is 0 Å². The van der Waals surface area contributed by atoms with Crippen molar-refractivity contribution in [1.82, 2.24) is 9.55 Å². The molecule has 0 bridgehead atoms. The van der Waals surface area contributed by atoms with Gasteiger partial charge < -0.3 is 10.3 Å². The lowest BCUT2D eigenvalue weighted by Gasteiger charge is -2.20. The minimum atomic E-state index is -1.39. The maximum atomic E-state index is 14.3. The molecule has 0 spiro atoms. The summed E-state index contributed by atoms with van der Waals surface area (Å²) >= 11 is 0. The van der Waals surface area contributed by atoms with Crippen LogP contribution in [0.2, 0.25) is 0 Å². The average molecular weight is 183 g/mol. The SMILES string of the molecule is Cn1cnc(C(F)(CN)C2CC2)c1. The molecule has 2 rings (SSSR count). The quantitative estimate of drug-likeness (QED) is 0.758. The fraction of sp³-hybridized carbons (Fsp3) is 0.667. The van der Waals surface area contributed by atoms with Crippen LogP contribution in [0, 0.1) is 5.92 Å². The maximum Gasteiger partial charge on any atom is 0.169 e. The van der Waals surface area contributed by atoms with Crippen LogP contribution in [0.3, 0.4) is 0 Å². The van der Waals surface area contributed by atoms with Crippen LogP contribution in [-0.4, -0.2) is 16.1 Å². The Labute approximate surface area is 76.8 Å². The number of hydrogen-bond acceptors (Lipinski definition) is 2. The van der Waals surface area contributed by atoms with Crippen LogP contribution in [0.4, 0.5) is 4.39 Å². The van der Waals surface area contributed by atoms with Gasteiger partial charge in [0.15, 0.2) is 5.67 Å². The van der Waals surface area contributed by atoms with Crippen LogP contribution in [0.15, 0.2) is 12.5 Å². The Morgan fingerprint density at radius 3 is 2.85 bits per heavy atom. The minimum absolute atomic E-state index is 0.0364. The predicted molar refractivity (Wildman–Crippen MR) is 47.8 cm³/mol. The highest BCUT2D eigenvalue weighted by molar-refractivity contribution is 5.15. The standard InChI is InChI=1S/C9H14FN3/c1-13-4-8(12-6-13)9(10,5-11)7-2-3-7/h4,6-7H,2-3,5,11H2,1H3. The zero-order valence-electron chi connectivity index (χ0n) is 7.70. The van der Waals surface area contributed by atoms with Crippen molar-refractivity contribution in [2.24, 2.45) is 18.7 Å². The van der Waals surface area contributed by atoms with E-state index in [0.29, 0.717) is 5.69 Å². The van der Waals surface area contributed by atoms with Gasteiger partial charge in [-0.05, 0) is 12.8 Å². The fourth-order valence-electron chi connectivity index (χ4n) is 1.65. The number of aryl methyl sites for hydroxylation is 1. The minimum Gasteiger partial charge on any atom is -0.340 e. The van der Waals surface area contributed by atoms with E-state index in [1.54, 1.807) is 17.1 Å². The van der Waals surface area contributed by atoms with E-state index in [0.717, 1.165) is 12.8 Å². The topological polar surface area (TPSA) is 43.8 Å².